The molecular weight excluding hydrogens is 280 g/mol. The van der Waals surface area contributed by atoms with Gasteiger partial charge in [0.1, 0.15) is 5.75 Å². The first-order valence-electron chi connectivity index (χ1n) is 5.99. The molecule has 0 amide bonds. The van der Waals surface area contributed by atoms with Gasteiger partial charge in [-0.25, -0.2) is 0 Å². The van der Waals surface area contributed by atoms with Gasteiger partial charge in [-0.3, -0.25) is 4.90 Å². The fourth-order valence-electron chi connectivity index (χ4n) is 2.28. The van der Waals surface area contributed by atoms with Crippen molar-refractivity contribution in [3.05, 3.63) is 28.2 Å². The molecule has 2 N–H and O–H groups in total. The highest BCUT2D eigenvalue weighted by Crippen LogP contribution is 2.24. The zero-order chi connectivity index (χ0) is 12.3. The van der Waals surface area contributed by atoms with E-state index in [1.165, 1.54) is 12.0 Å². The van der Waals surface area contributed by atoms with Crippen molar-refractivity contribution in [1.29, 1.82) is 0 Å². The van der Waals surface area contributed by atoms with Crippen LogP contribution in [-0.4, -0.2) is 31.1 Å². The standard InChI is InChI=1S/C13H19BrN2O/c1-17-12-4-5-13(14)10(7-12)8-16-6-2-3-11(15)9-16/h4-5,7,11H,2-3,6,8-9,15H2,1H3. The molecule has 94 valence electrons. The summed E-state index contributed by atoms with van der Waals surface area (Å²) >= 11 is 3.59. The summed E-state index contributed by atoms with van der Waals surface area (Å²) in [4.78, 5) is 2.41. The second-order valence-electron chi connectivity index (χ2n) is 4.59. The first-order valence-corrected chi connectivity index (χ1v) is 6.78. The summed E-state index contributed by atoms with van der Waals surface area (Å²) in [5.74, 6) is 0.907. The van der Waals surface area contributed by atoms with Crippen LogP contribution in [0.3, 0.4) is 0 Å². The van der Waals surface area contributed by atoms with E-state index in [1.807, 2.05) is 12.1 Å². The van der Waals surface area contributed by atoms with Gasteiger partial charge in [-0.1, -0.05) is 15.9 Å². The number of hydrogen-bond acceptors (Lipinski definition) is 3. The van der Waals surface area contributed by atoms with Crippen LogP contribution < -0.4 is 10.5 Å². The van der Waals surface area contributed by atoms with E-state index in [0.29, 0.717) is 6.04 Å². The lowest BCUT2D eigenvalue weighted by Crippen LogP contribution is -2.42. The predicted molar refractivity (Wildman–Crippen MR) is 73.2 cm³/mol. The smallest absolute Gasteiger partial charge is 0.119 e. The number of piperidine rings is 1. The highest BCUT2D eigenvalue weighted by Gasteiger charge is 2.17. The second kappa shape index (κ2) is 5.85. The molecule has 1 fully saturated rings. The molecule has 0 saturated carbocycles. The Morgan fingerprint density at radius 2 is 2.35 bits per heavy atom. The molecule has 1 aliphatic heterocycles. The van der Waals surface area contributed by atoms with Crippen LogP contribution in [0, 0.1) is 0 Å². The number of methoxy groups -OCH3 is 1. The van der Waals surface area contributed by atoms with E-state index in [1.54, 1.807) is 7.11 Å². The van der Waals surface area contributed by atoms with E-state index in [0.717, 1.165) is 36.3 Å². The Hall–Kier alpha value is -0.580. The first kappa shape index (κ1) is 12.9. The molecule has 1 saturated heterocycles. The molecule has 0 radical (unpaired) electrons. The fourth-order valence-corrected chi connectivity index (χ4v) is 2.65. The number of ether oxygens (including phenoxy) is 1. The van der Waals surface area contributed by atoms with Gasteiger partial charge >= 0.3 is 0 Å². The molecule has 2 rings (SSSR count). The minimum absolute atomic E-state index is 0.327. The van der Waals surface area contributed by atoms with Crippen molar-refractivity contribution in [3.63, 3.8) is 0 Å². The van der Waals surface area contributed by atoms with Gasteiger partial charge in [-0.2, -0.15) is 0 Å². The third-order valence-electron chi connectivity index (χ3n) is 3.19. The molecule has 0 spiro atoms. The molecule has 1 unspecified atom stereocenters. The van der Waals surface area contributed by atoms with Gasteiger partial charge in [-0.15, -0.1) is 0 Å². The minimum Gasteiger partial charge on any atom is -0.497 e. The van der Waals surface area contributed by atoms with Crippen molar-refractivity contribution in [2.24, 2.45) is 5.73 Å². The molecule has 1 atom stereocenters. The molecule has 17 heavy (non-hydrogen) atoms. The first-order chi connectivity index (χ1) is 8.19. The van der Waals surface area contributed by atoms with E-state index in [-0.39, 0.29) is 0 Å². The average Bonchev–Trinajstić information content (AvgIpc) is 2.32. The van der Waals surface area contributed by atoms with Crippen molar-refractivity contribution in [2.75, 3.05) is 20.2 Å². The number of benzene rings is 1. The van der Waals surface area contributed by atoms with Crippen LogP contribution in [0.2, 0.25) is 0 Å². The fraction of sp³-hybridized carbons (Fsp3) is 0.538. The maximum Gasteiger partial charge on any atom is 0.119 e. The van der Waals surface area contributed by atoms with Gasteiger partial charge in [-0.05, 0) is 43.1 Å². The van der Waals surface area contributed by atoms with Crippen LogP contribution in [0.25, 0.3) is 0 Å². The van der Waals surface area contributed by atoms with Crippen LogP contribution in [0.15, 0.2) is 22.7 Å². The average molecular weight is 299 g/mol. The molecule has 0 aromatic heterocycles. The summed E-state index contributed by atoms with van der Waals surface area (Å²) in [6, 6.07) is 6.42. The zero-order valence-corrected chi connectivity index (χ0v) is 11.7. The van der Waals surface area contributed by atoms with Gasteiger partial charge in [0.2, 0.25) is 0 Å². The Morgan fingerprint density at radius 1 is 1.53 bits per heavy atom. The largest absolute Gasteiger partial charge is 0.497 e. The van der Waals surface area contributed by atoms with Gasteiger partial charge < -0.3 is 10.5 Å². The lowest BCUT2D eigenvalue weighted by atomic mass is 10.1. The number of rotatable bonds is 3. The number of likely N-dealkylation sites (tertiary alicyclic amines) is 1. The highest BCUT2D eigenvalue weighted by atomic mass is 79.9. The molecule has 0 aliphatic carbocycles. The van der Waals surface area contributed by atoms with Crippen molar-refractivity contribution in [1.82, 2.24) is 4.90 Å². The molecule has 1 aromatic rings. The number of nitrogens with two attached hydrogens (primary N) is 1. The van der Waals surface area contributed by atoms with Gasteiger partial charge in [0.15, 0.2) is 0 Å². The second-order valence-corrected chi connectivity index (χ2v) is 5.45. The summed E-state index contributed by atoms with van der Waals surface area (Å²) in [6.07, 6.45) is 2.35. The van der Waals surface area contributed by atoms with Crippen molar-refractivity contribution < 1.29 is 4.74 Å². The SMILES string of the molecule is COc1ccc(Br)c(CN2CCCC(N)C2)c1. The van der Waals surface area contributed by atoms with E-state index < -0.39 is 0 Å². The molecule has 1 aromatic carbocycles. The highest BCUT2D eigenvalue weighted by molar-refractivity contribution is 9.10. The van der Waals surface area contributed by atoms with Crippen LogP contribution in [0.4, 0.5) is 0 Å². The predicted octanol–water partition coefficient (Wildman–Crippen LogP) is 2.38. The van der Waals surface area contributed by atoms with Crippen LogP contribution in [0.5, 0.6) is 5.75 Å². The topological polar surface area (TPSA) is 38.5 Å². The maximum atomic E-state index is 5.99. The lowest BCUT2D eigenvalue weighted by Gasteiger charge is -2.31. The monoisotopic (exact) mass is 298 g/mol. The third-order valence-corrected chi connectivity index (χ3v) is 3.96. The maximum absolute atomic E-state index is 5.99. The van der Waals surface area contributed by atoms with Crippen LogP contribution in [0.1, 0.15) is 18.4 Å². The molecule has 1 aliphatic rings. The summed E-state index contributed by atoms with van der Waals surface area (Å²) in [7, 11) is 1.70. The molecular formula is C13H19BrN2O. The normalized spacial score (nSPS) is 21.5. The molecule has 0 bridgehead atoms. The van der Waals surface area contributed by atoms with Crippen LogP contribution >= 0.6 is 15.9 Å². The van der Waals surface area contributed by atoms with E-state index >= 15 is 0 Å². The lowest BCUT2D eigenvalue weighted by molar-refractivity contribution is 0.201. The Labute approximate surface area is 111 Å². The minimum atomic E-state index is 0.327. The van der Waals surface area contributed by atoms with E-state index in [2.05, 4.69) is 26.9 Å². The third kappa shape index (κ3) is 3.44. The van der Waals surface area contributed by atoms with Gasteiger partial charge in [0.25, 0.3) is 0 Å². The zero-order valence-electron chi connectivity index (χ0n) is 10.2. The summed E-state index contributed by atoms with van der Waals surface area (Å²) < 4.78 is 6.39. The summed E-state index contributed by atoms with van der Waals surface area (Å²) in [6.45, 7) is 3.06. The Balaban J connectivity index is 2.06. The quantitative estimate of drug-likeness (QED) is 0.931. The van der Waals surface area contributed by atoms with Crippen LogP contribution in [-0.2, 0) is 6.54 Å². The Morgan fingerprint density at radius 3 is 3.06 bits per heavy atom. The summed E-state index contributed by atoms with van der Waals surface area (Å²) in [5.41, 5.74) is 7.26. The van der Waals surface area contributed by atoms with Gasteiger partial charge in [0.05, 0.1) is 7.11 Å². The number of nitrogens with zero attached hydrogens (tertiary/aromatic N) is 1. The van der Waals surface area contributed by atoms with Crippen molar-refractivity contribution in [2.45, 2.75) is 25.4 Å². The number of hydrogen-bond donors (Lipinski definition) is 1. The molecule has 4 heteroatoms. The van der Waals surface area contributed by atoms with E-state index in [9.17, 15) is 0 Å². The van der Waals surface area contributed by atoms with Crippen molar-refractivity contribution >= 4 is 15.9 Å². The summed E-state index contributed by atoms with van der Waals surface area (Å²) in [5, 5.41) is 0. The molecule has 1 heterocycles. The molecule has 3 nitrogen and oxygen atoms in total. The van der Waals surface area contributed by atoms with Crippen molar-refractivity contribution in [3.8, 4) is 5.75 Å². The Kier molecular flexibility index (Phi) is 4.42. The Bertz CT molecular complexity index is 384. The number of halogens is 1. The van der Waals surface area contributed by atoms with E-state index in [4.69, 9.17) is 10.5 Å². The van der Waals surface area contributed by atoms with Gasteiger partial charge in [0, 0.05) is 23.6 Å².